The second kappa shape index (κ2) is 10.6. The molecule has 5 rings (SSSR count). The van der Waals surface area contributed by atoms with E-state index in [-0.39, 0.29) is 12.4 Å². The van der Waals surface area contributed by atoms with Crippen LogP contribution in [0.4, 0.5) is 5.82 Å². The summed E-state index contributed by atoms with van der Waals surface area (Å²) in [6.45, 7) is 7.96. The lowest BCUT2D eigenvalue weighted by Gasteiger charge is -2.35. The molecule has 0 aliphatic carbocycles. The first-order chi connectivity index (χ1) is 15.8. The molecule has 0 bridgehead atoms. The third kappa shape index (κ3) is 5.27. The van der Waals surface area contributed by atoms with Crippen molar-refractivity contribution >= 4 is 29.0 Å². The Balaban J connectivity index is 0.00000259. The van der Waals surface area contributed by atoms with Crippen molar-refractivity contribution in [2.24, 2.45) is 0 Å². The second-order valence-electron chi connectivity index (χ2n) is 8.13. The maximum absolute atomic E-state index is 5.96. The summed E-state index contributed by atoms with van der Waals surface area (Å²) in [6.07, 6.45) is 1.80. The molecular weight excluding hydrogens is 432 g/mol. The largest absolute Gasteiger partial charge is 0.473 e. The molecule has 0 amide bonds. The molecule has 0 radical (unpaired) electrons. The number of piperazine rings is 1. The van der Waals surface area contributed by atoms with E-state index in [2.05, 4.69) is 64.2 Å². The van der Waals surface area contributed by atoms with E-state index < -0.39 is 0 Å². The van der Waals surface area contributed by atoms with Gasteiger partial charge in [-0.3, -0.25) is 0 Å². The normalized spacial score (nSPS) is 14.2. The molecule has 0 N–H and O–H groups in total. The molecular formula is C27H29ClN4O. The zero-order valence-corrected chi connectivity index (χ0v) is 19.7. The number of hydrogen-bond donors (Lipinski definition) is 0. The van der Waals surface area contributed by atoms with Crippen LogP contribution >= 0.6 is 12.4 Å². The summed E-state index contributed by atoms with van der Waals surface area (Å²) < 4.78 is 5.96. The summed E-state index contributed by atoms with van der Waals surface area (Å²) in [6, 6.07) is 24.8. The molecule has 0 saturated carbocycles. The zero-order valence-electron chi connectivity index (χ0n) is 18.9. The molecule has 6 heteroatoms. The third-order valence-electron chi connectivity index (χ3n) is 6.10. The van der Waals surface area contributed by atoms with Gasteiger partial charge in [-0.05, 0) is 29.6 Å². The number of anilines is 1. The molecule has 1 fully saturated rings. The molecule has 2 aromatic carbocycles. The smallest absolute Gasteiger partial charge is 0.214 e. The molecule has 5 nitrogen and oxygen atoms in total. The van der Waals surface area contributed by atoms with Crippen LogP contribution in [0.1, 0.15) is 12.5 Å². The first kappa shape index (κ1) is 23.0. The molecule has 1 aliphatic rings. The predicted octanol–water partition coefficient (Wildman–Crippen LogP) is 5.44. The van der Waals surface area contributed by atoms with Gasteiger partial charge in [-0.15, -0.1) is 12.4 Å². The van der Waals surface area contributed by atoms with Gasteiger partial charge in [0, 0.05) is 49.4 Å². The van der Waals surface area contributed by atoms with E-state index in [4.69, 9.17) is 9.72 Å². The number of aromatic nitrogens is 2. The van der Waals surface area contributed by atoms with Crippen LogP contribution in [0.5, 0.6) is 5.88 Å². The predicted molar refractivity (Wildman–Crippen MR) is 137 cm³/mol. The Hall–Kier alpha value is -3.15. The van der Waals surface area contributed by atoms with E-state index in [0.29, 0.717) is 12.5 Å². The molecule has 0 spiro atoms. The minimum absolute atomic E-state index is 0. The third-order valence-corrected chi connectivity index (χ3v) is 6.10. The zero-order chi connectivity index (χ0) is 21.8. The Morgan fingerprint density at radius 2 is 1.64 bits per heavy atom. The van der Waals surface area contributed by atoms with Crippen LogP contribution in [0.25, 0.3) is 22.0 Å². The fraction of sp³-hybridized carbons (Fsp3) is 0.259. The lowest BCUT2D eigenvalue weighted by molar-refractivity contribution is 0.271. The fourth-order valence-corrected chi connectivity index (χ4v) is 4.22. The quantitative estimate of drug-likeness (QED) is 0.383. The molecule has 3 heterocycles. The maximum atomic E-state index is 5.96. The number of pyridine rings is 2. The highest BCUT2D eigenvalue weighted by Gasteiger charge is 2.20. The molecule has 33 heavy (non-hydrogen) atoms. The van der Waals surface area contributed by atoms with Crippen LogP contribution in [0, 0.1) is 0 Å². The molecule has 4 aromatic rings. The van der Waals surface area contributed by atoms with Crippen molar-refractivity contribution < 1.29 is 4.74 Å². The highest BCUT2D eigenvalue weighted by atomic mass is 35.5. The van der Waals surface area contributed by atoms with Crippen molar-refractivity contribution in [3.05, 3.63) is 84.6 Å². The summed E-state index contributed by atoms with van der Waals surface area (Å²) >= 11 is 0. The number of rotatable bonds is 6. The molecule has 1 saturated heterocycles. The van der Waals surface area contributed by atoms with Gasteiger partial charge in [0.05, 0.1) is 5.69 Å². The Labute approximate surface area is 201 Å². The number of halogens is 1. The van der Waals surface area contributed by atoms with Crippen LogP contribution in [0.15, 0.2) is 79.0 Å². The number of likely N-dealkylation sites (N-methyl/N-ethyl adjacent to an activating group) is 1. The van der Waals surface area contributed by atoms with E-state index in [9.17, 15) is 0 Å². The lowest BCUT2D eigenvalue weighted by Crippen LogP contribution is -2.46. The first-order valence-corrected chi connectivity index (χ1v) is 11.3. The minimum Gasteiger partial charge on any atom is -0.473 e. The SMILES string of the molecule is CCN1CCN(c2nc(-c3ccnc(OCc4ccccc4)c3)cc3ccccc23)CC1.Cl. The van der Waals surface area contributed by atoms with E-state index in [0.717, 1.165) is 55.4 Å². The number of fused-ring (bicyclic) bond motifs is 1. The number of nitrogens with zero attached hydrogens (tertiary/aromatic N) is 4. The fourth-order valence-electron chi connectivity index (χ4n) is 4.22. The van der Waals surface area contributed by atoms with Crippen molar-refractivity contribution in [3.63, 3.8) is 0 Å². The first-order valence-electron chi connectivity index (χ1n) is 11.3. The summed E-state index contributed by atoms with van der Waals surface area (Å²) in [5, 5.41) is 2.41. The molecule has 2 aromatic heterocycles. The van der Waals surface area contributed by atoms with Crippen molar-refractivity contribution in [2.75, 3.05) is 37.6 Å². The highest BCUT2D eigenvalue weighted by Crippen LogP contribution is 2.31. The van der Waals surface area contributed by atoms with Crippen LogP contribution in [-0.2, 0) is 6.61 Å². The summed E-state index contributed by atoms with van der Waals surface area (Å²) in [5.41, 5.74) is 3.09. The minimum atomic E-state index is 0. The van der Waals surface area contributed by atoms with Crippen LogP contribution in [0.2, 0.25) is 0 Å². The van der Waals surface area contributed by atoms with Gasteiger partial charge in [0.1, 0.15) is 12.4 Å². The molecule has 1 aliphatic heterocycles. The van der Waals surface area contributed by atoms with Crippen molar-refractivity contribution in [1.29, 1.82) is 0 Å². The standard InChI is InChI=1S/C27H28N4O.ClH/c1-2-30-14-16-31(17-15-30)27-24-11-7-6-10-22(24)18-25(29-27)23-12-13-28-26(19-23)32-20-21-8-4-3-5-9-21;/h3-13,18-19H,2,14-17,20H2,1H3;1H. The number of benzene rings is 2. The van der Waals surface area contributed by atoms with Gasteiger partial charge in [-0.1, -0.05) is 61.5 Å². The average molecular weight is 461 g/mol. The summed E-state index contributed by atoms with van der Waals surface area (Å²) in [7, 11) is 0. The van der Waals surface area contributed by atoms with Gasteiger partial charge in [0.15, 0.2) is 0 Å². The number of ether oxygens (including phenoxy) is 1. The van der Waals surface area contributed by atoms with Gasteiger partial charge in [0.25, 0.3) is 0 Å². The summed E-state index contributed by atoms with van der Waals surface area (Å²) in [4.78, 5) is 14.4. The van der Waals surface area contributed by atoms with Crippen molar-refractivity contribution in [1.82, 2.24) is 14.9 Å². The average Bonchev–Trinajstić information content (AvgIpc) is 2.88. The van der Waals surface area contributed by atoms with E-state index in [1.165, 1.54) is 10.8 Å². The monoisotopic (exact) mass is 460 g/mol. The van der Waals surface area contributed by atoms with Gasteiger partial charge >= 0.3 is 0 Å². The number of hydrogen-bond acceptors (Lipinski definition) is 5. The lowest BCUT2D eigenvalue weighted by atomic mass is 10.1. The van der Waals surface area contributed by atoms with E-state index in [1.807, 2.05) is 30.3 Å². The maximum Gasteiger partial charge on any atom is 0.214 e. The van der Waals surface area contributed by atoms with Gasteiger partial charge in [-0.25, -0.2) is 9.97 Å². The Morgan fingerprint density at radius 1 is 0.879 bits per heavy atom. The van der Waals surface area contributed by atoms with Crippen LogP contribution in [0.3, 0.4) is 0 Å². The van der Waals surface area contributed by atoms with Gasteiger partial charge < -0.3 is 14.5 Å². The van der Waals surface area contributed by atoms with Crippen molar-refractivity contribution in [3.8, 4) is 17.1 Å². The van der Waals surface area contributed by atoms with Crippen LogP contribution in [-0.4, -0.2) is 47.6 Å². The molecule has 0 atom stereocenters. The van der Waals surface area contributed by atoms with Crippen molar-refractivity contribution in [2.45, 2.75) is 13.5 Å². The molecule has 170 valence electrons. The second-order valence-corrected chi connectivity index (χ2v) is 8.13. The Kier molecular flexibility index (Phi) is 7.43. The van der Waals surface area contributed by atoms with E-state index in [1.54, 1.807) is 6.20 Å². The van der Waals surface area contributed by atoms with Crippen LogP contribution < -0.4 is 9.64 Å². The van der Waals surface area contributed by atoms with Gasteiger partial charge in [0.2, 0.25) is 5.88 Å². The molecule has 0 unspecified atom stereocenters. The summed E-state index contributed by atoms with van der Waals surface area (Å²) in [5.74, 6) is 1.68. The Morgan fingerprint density at radius 3 is 2.42 bits per heavy atom. The highest BCUT2D eigenvalue weighted by molar-refractivity contribution is 5.95. The van der Waals surface area contributed by atoms with Gasteiger partial charge in [-0.2, -0.15) is 0 Å². The van der Waals surface area contributed by atoms with E-state index >= 15 is 0 Å². The Bertz CT molecular complexity index is 1190. The topological polar surface area (TPSA) is 41.5 Å².